The van der Waals surface area contributed by atoms with Crippen LogP contribution in [0.5, 0.6) is 11.5 Å². The third-order valence-electron chi connectivity index (χ3n) is 3.32. The van der Waals surface area contributed by atoms with Gasteiger partial charge >= 0.3 is 0 Å². The van der Waals surface area contributed by atoms with Crippen molar-refractivity contribution in [3.8, 4) is 11.5 Å². The number of fused-ring (bicyclic) bond motifs is 1. The number of methoxy groups -OCH3 is 1. The van der Waals surface area contributed by atoms with E-state index in [0.29, 0.717) is 23.5 Å². The molecule has 0 spiro atoms. The van der Waals surface area contributed by atoms with Gasteiger partial charge in [-0.25, -0.2) is 8.78 Å². The van der Waals surface area contributed by atoms with Crippen molar-refractivity contribution in [1.82, 2.24) is 0 Å². The molecule has 2 aromatic carbocycles. The Bertz CT molecular complexity index is 694. The van der Waals surface area contributed by atoms with Crippen LogP contribution in [0.15, 0.2) is 30.3 Å². The van der Waals surface area contributed by atoms with Crippen molar-refractivity contribution in [2.75, 3.05) is 19.0 Å². The Balaban J connectivity index is 1.89. The van der Waals surface area contributed by atoms with Gasteiger partial charge in [-0.2, -0.15) is 0 Å². The number of ether oxygens (including phenoxy) is 2. The fourth-order valence-electron chi connectivity index (χ4n) is 2.23. The molecule has 0 aliphatic carbocycles. The number of nitrogens with one attached hydrogen (secondary N) is 1. The van der Waals surface area contributed by atoms with Crippen LogP contribution in [0.4, 0.5) is 14.5 Å². The van der Waals surface area contributed by atoms with Crippen LogP contribution in [0, 0.1) is 11.6 Å². The van der Waals surface area contributed by atoms with Gasteiger partial charge in [-0.05, 0) is 23.8 Å². The summed E-state index contributed by atoms with van der Waals surface area (Å²) in [7, 11) is 1.40. The maximum Gasteiger partial charge on any atom is 0.165 e. The Morgan fingerprint density at radius 3 is 2.76 bits per heavy atom. The van der Waals surface area contributed by atoms with Gasteiger partial charge in [-0.3, -0.25) is 0 Å². The summed E-state index contributed by atoms with van der Waals surface area (Å²) >= 11 is 5.72. The SMILES string of the molecule is COc1ccc(C2CNc3cc(Cl)c(F)cc3O2)cc1F. The number of rotatable bonds is 2. The maximum absolute atomic E-state index is 13.7. The van der Waals surface area contributed by atoms with E-state index in [1.54, 1.807) is 6.07 Å². The zero-order valence-corrected chi connectivity index (χ0v) is 11.9. The molecule has 0 saturated carbocycles. The summed E-state index contributed by atoms with van der Waals surface area (Å²) < 4.78 is 37.8. The molecule has 0 bridgehead atoms. The molecule has 0 fully saturated rings. The van der Waals surface area contributed by atoms with E-state index in [1.807, 2.05) is 0 Å². The van der Waals surface area contributed by atoms with Gasteiger partial charge in [0, 0.05) is 6.07 Å². The van der Waals surface area contributed by atoms with E-state index >= 15 is 0 Å². The quantitative estimate of drug-likeness (QED) is 0.903. The summed E-state index contributed by atoms with van der Waals surface area (Å²) in [5.41, 5.74) is 1.26. The van der Waals surface area contributed by atoms with Crippen LogP contribution in [0.2, 0.25) is 5.02 Å². The van der Waals surface area contributed by atoms with Crippen molar-refractivity contribution in [2.24, 2.45) is 0 Å². The molecular weight excluding hydrogens is 300 g/mol. The Kier molecular flexibility index (Phi) is 3.59. The Hall–Kier alpha value is -2.01. The molecule has 1 heterocycles. The van der Waals surface area contributed by atoms with E-state index in [9.17, 15) is 8.78 Å². The molecule has 2 aromatic rings. The molecule has 0 amide bonds. The lowest BCUT2D eigenvalue weighted by atomic mass is 10.1. The van der Waals surface area contributed by atoms with E-state index in [4.69, 9.17) is 21.1 Å². The van der Waals surface area contributed by atoms with Gasteiger partial charge < -0.3 is 14.8 Å². The van der Waals surface area contributed by atoms with Crippen molar-refractivity contribution < 1.29 is 18.3 Å². The fourth-order valence-corrected chi connectivity index (χ4v) is 2.39. The Labute approximate surface area is 125 Å². The highest BCUT2D eigenvalue weighted by molar-refractivity contribution is 6.31. The van der Waals surface area contributed by atoms with Gasteiger partial charge in [0.15, 0.2) is 11.6 Å². The summed E-state index contributed by atoms with van der Waals surface area (Å²) in [5, 5.41) is 3.12. The zero-order valence-electron chi connectivity index (χ0n) is 11.1. The second kappa shape index (κ2) is 5.41. The lowest BCUT2D eigenvalue weighted by Gasteiger charge is -2.28. The van der Waals surface area contributed by atoms with Gasteiger partial charge in [0.1, 0.15) is 17.7 Å². The first-order valence-electron chi connectivity index (χ1n) is 6.31. The lowest BCUT2D eigenvalue weighted by Crippen LogP contribution is -2.23. The van der Waals surface area contributed by atoms with Crippen LogP contribution in [-0.2, 0) is 0 Å². The first-order valence-corrected chi connectivity index (χ1v) is 6.69. The minimum absolute atomic E-state index is 0.0267. The fraction of sp³-hybridized carbons (Fsp3) is 0.200. The van der Waals surface area contributed by atoms with E-state index in [1.165, 1.54) is 31.4 Å². The molecule has 1 atom stereocenters. The number of hydrogen-bond donors (Lipinski definition) is 1. The molecule has 1 N–H and O–H groups in total. The normalized spacial score (nSPS) is 16.7. The third-order valence-corrected chi connectivity index (χ3v) is 3.61. The molecule has 1 aliphatic heterocycles. The van der Waals surface area contributed by atoms with Crippen LogP contribution in [0.3, 0.4) is 0 Å². The van der Waals surface area contributed by atoms with Crippen LogP contribution >= 0.6 is 11.6 Å². The molecule has 3 rings (SSSR count). The Morgan fingerprint density at radius 2 is 2.05 bits per heavy atom. The van der Waals surface area contributed by atoms with Crippen molar-refractivity contribution in [3.05, 3.63) is 52.6 Å². The lowest BCUT2D eigenvalue weighted by molar-refractivity contribution is 0.209. The number of benzene rings is 2. The average Bonchev–Trinajstić information content (AvgIpc) is 2.48. The van der Waals surface area contributed by atoms with Crippen molar-refractivity contribution in [1.29, 1.82) is 0 Å². The van der Waals surface area contributed by atoms with Gasteiger partial charge in [0.05, 0.1) is 24.4 Å². The van der Waals surface area contributed by atoms with E-state index in [0.717, 1.165) is 0 Å². The van der Waals surface area contributed by atoms with Crippen LogP contribution in [0.1, 0.15) is 11.7 Å². The molecule has 110 valence electrons. The molecule has 1 unspecified atom stereocenters. The maximum atomic E-state index is 13.7. The third kappa shape index (κ3) is 2.61. The van der Waals surface area contributed by atoms with E-state index in [2.05, 4.69) is 5.32 Å². The number of anilines is 1. The Morgan fingerprint density at radius 1 is 1.24 bits per heavy atom. The smallest absolute Gasteiger partial charge is 0.165 e. The van der Waals surface area contributed by atoms with Gasteiger partial charge in [-0.15, -0.1) is 0 Å². The van der Waals surface area contributed by atoms with E-state index in [-0.39, 0.29) is 10.8 Å². The van der Waals surface area contributed by atoms with Crippen LogP contribution in [0.25, 0.3) is 0 Å². The first kappa shape index (κ1) is 13.9. The molecular formula is C15H12ClF2NO2. The molecule has 1 aliphatic rings. The zero-order chi connectivity index (χ0) is 15.0. The average molecular weight is 312 g/mol. The molecule has 0 radical (unpaired) electrons. The monoisotopic (exact) mass is 311 g/mol. The summed E-state index contributed by atoms with van der Waals surface area (Å²) in [6.07, 6.45) is -0.418. The van der Waals surface area contributed by atoms with E-state index < -0.39 is 17.7 Å². The first-order chi connectivity index (χ1) is 10.1. The van der Waals surface area contributed by atoms with Gasteiger partial charge in [-0.1, -0.05) is 17.7 Å². The van der Waals surface area contributed by atoms with Crippen LogP contribution < -0.4 is 14.8 Å². The summed E-state index contributed by atoms with van der Waals surface area (Å²) in [6.45, 7) is 0.431. The van der Waals surface area contributed by atoms with Crippen molar-refractivity contribution in [2.45, 2.75) is 6.10 Å². The minimum atomic E-state index is -0.557. The summed E-state index contributed by atoms with van der Waals surface area (Å²) in [5.74, 6) is -0.504. The second-order valence-corrected chi connectivity index (χ2v) is 5.05. The molecule has 0 aromatic heterocycles. The minimum Gasteiger partial charge on any atom is -0.494 e. The van der Waals surface area contributed by atoms with Gasteiger partial charge in [0.25, 0.3) is 0 Å². The topological polar surface area (TPSA) is 30.5 Å². The van der Waals surface area contributed by atoms with Crippen molar-refractivity contribution in [3.63, 3.8) is 0 Å². The highest BCUT2D eigenvalue weighted by Gasteiger charge is 2.23. The molecule has 3 nitrogen and oxygen atoms in total. The van der Waals surface area contributed by atoms with Crippen molar-refractivity contribution >= 4 is 17.3 Å². The molecule has 0 saturated heterocycles. The highest BCUT2D eigenvalue weighted by atomic mass is 35.5. The van der Waals surface area contributed by atoms with Gasteiger partial charge in [0.2, 0.25) is 0 Å². The summed E-state index contributed by atoms with van der Waals surface area (Å²) in [6, 6.07) is 7.29. The van der Waals surface area contributed by atoms with Crippen LogP contribution in [-0.4, -0.2) is 13.7 Å². The summed E-state index contributed by atoms with van der Waals surface area (Å²) in [4.78, 5) is 0. The second-order valence-electron chi connectivity index (χ2n) is 4.64. The number of halogens is 3. The predicted octanol–water partition coefficient (Wildman–Crippen LogP) is 4.17. The largest absolute Gasteiger partial charge is 0.494 e. The predicted molar refractivity (Wildman–Crippen MR) is 76.2 cm³/mol. The standard InChI is InChI=1S/C15H12ClF2NO2/c1-20-13-3-2-8(4-11(13)18)15-7-19-12-5-9(16)10(17)6-14(12)21-15/h2-6,15,19H,7H2,1H3. The molecule has 6 heteroatoms. The highest BCUT2D eigenvalue weighted by Crippen LogP contribution is 2.37. The molecule has 21 heavy (non-hydrogen) atoms. The number of hydrogen-bond acceptors (Lipinski definition) is 3.